The van der Waals surface area contributed by atoms with Gasteiger partial charge in [-0.15, -0.1) is 0 Å². The number of hydrogen-bond acceptors (Lipinski definition) is 4. The third-order valence-electron chi connectivity index (χ3n) is 2.90. The monoisotopic (exact) mass is 355 g/mol. The van der Waals surface area contributed by atoms with E-state index in [1.54, 1.807) is 36.4 Å². The number of halogens is 2. The van der Waals surface area contributed by atoms with Crippen LogP contribution in [0, 0.1) is 0 Å². The van der Waals surface area contributed by atoms with E-state index in [1.165, 1.54) is 14.2 Å². The van der Waals surface area contributed by atoms with Crippen LogP contribution in [0.2, 0.25) is 10.0 Å². The molecule has 122 valence electrons. The van der Waals surface area contributed by atoms with Gasteiger partial charge in [0.05, 0.1) is 24.3 Å². The minimum absolute atomic E-state index is 0.233. The Kier molecular flexibility index (Phi) is 5.96. The molecule has 2 rings (SSSR count). The summed E-state index contributed by atoms with van der Waals surface area (Å²) in [6.07, 6.45) is 0. The van der Waals surface area contributed by atoms with Crippen molar-refractivity contribution < 1.29 is 19.0 Å². The zero-order chi connectivity index (χ0) is 16.8. The van der Waals surface area contributed by atoms with Gasteiger partial charge in [-0.3, -0.25) is 4.79 Å². The van der Waals surface area contributed by atoms with Crippen molar-refractivity contribution in [3.05, 3.63) is 46.4 Å². The van der Waals surface area contributed by atoms with Crippen LogP contribution in [-0.2, 0) is 4.79 Å². The second-order valence-corrected chi connectivity index (χ2v) is 5.30. The van der Waals surface area contributed by atoms with Gasteiger partial charge in [0, 0.05) is 23.9 Å². The van der Waals surface area contributed by atoms with Crippen molar-refractivity contribution in [2.45, 2.75) is 0 Å². The Morgan fingerprint density at radius 2 is 1.61 bits per heavy atom. The van der Waals surface area contributed by atoms with E-state index in [0.29, 0.717) is 27.2 Å². The minimum atomic E-state index is -0.365. The fourth-order valence-corrected chi connectivity index (χ4v) is 2.34. The molecule has 0 saturated heterocycles. The van der Waals surface area contributed by atoms with Crippen molar-refractivity contribution in [2.75, 3.05) is 26.1 Å². The summed E-state index contributed by atoms with van der Waals surface area (Å²) < 4.78 is 15.7. The fourth-order valence-electron chi connectivity index (χ4n) is 1.83. The number of para-hydroxylation sites is 1. The van der Waals surface area contributed by atoms with Crippen molar-refractivity contribution in [3.63, 3.8) is 0 Å². The third kappa shape index (κ3) is 4.68. The first-order chi connectivity index (χ1) is 11.0. The molecule has 1 amide bonds. The predicted octanol–water partition coefficient (Wildman–Crippen LogP) is 4.03. The van der Waals surface area contributed by atoms with E-state index in [4.69, 9.17) is 37.4 Å². The molecule has 0 aliphatic rings. The Labute approximate surface area is 144 Å². The Morgan fingerprint density at radius 1 is 1.04 bits per heavy atom. The lowest BCUT2D eigenvalue weighted by molar-refractivity contribution is -0.118. The van der Waals surface area contributed by atoms with Crippen LogP contribution in [-0.4, -0.2) is 26.7 Å². The molecular weight excluding hydrogens is 341 g/mol. The van der Waals surface area contributed by atoms with E-state index < -0.39 is 0 Å². The van der Waals surface area contributed by atoms with E-state index in [9.17, 15) is 4.79 Å². The maximum absolute atomic E-state index is 12.0. The highest BCUT2D eigenvalue weighted by Gasteiger charge is 2.11. The number of amides is 1. The first kappa shape index (κ1) is 17.2. The lowest BCUT2D eigenvalue weighted by Gasteiger charge is -2.11. The normalized spacial score (nSPS) is 10.1. The Morgan fingerprint density at radius 3 is 2.13 bits per heavy atom. The average Bonchev–Trinajstić information content (AvgIpc) is 2.53. The van der Waals surface area contributed by atoms with E-state index >= 15 is 0 Å². The van der Waals surface area contributed by atoms with Crippen LogP contribution in [0.3, 0.4) is 0 Å². The molecule has 23 heavy (non-hydrogen) atoms. The molecule has 0 unspecified atom stereocenters. The van der Waals surface area contributed by atoms with Gasteiger partial charge in [0.15, 0.2) is 12.4 Å². The number of carbonyl (C=O) groups is 1. The van der Waals surface area contributed by atoms with Gasteiger partial charge in [-0.25, -0.2) is 0 Å². The largest absolute Gasteiger partial charge is 0.497 e. The standard InChI is InChI=1S/C16H15Cl2NO4/c1-21-11-6-10(7-12(8-11)22-2)19-15(20)9-23-16-13(17)4-3-5-14(16)18/h3-8H,9H2,1-2H3,(H,19,20). The van der Waals surface area contributed by atoms with Crippen molar-refractivity contribution in [1.82, 2.24) is 0 Å². The highest BCUT2D eigenvalue weighted by atomic mass is 35.5. The van der Waals surface area contributed by atoms with E-state index in [1.807, 2.05) is 0 Å². The molecule has 0 bridgehead atoms. The molecule has 0 saturated carbocycles. The summed E-state index contributed by atoms with van der Waals surface area (Å²) in [6.45, 7) is -0.233. The smallest absolute Gasteiger partial charge is 0.262 e. The number of benzene rings is 2. The van der Waals surface area contributed by atoms with Crippen LogP contribution < -0.4 is 19.5 Å². The van der Waals surface area contributed by atoms with Crippen LogP contribution in [0.4, 0.5) is 5.69 Å². The quantitative estimate of drug-likeness (QED) is 0.849. The summed E-state index contributed by atoms with van der Waals surface area (Å²) in [5, 5.41) is 3.37. The summed E-state index contributed by atoms with van der Waals surface area (Å²) in [4.78, 5) is 12.0. The molecule has 0 fully saturated rings. The van der Waals surface area contributed by atoms with E-state index in [-0.39, 0.29) is 18.3 Å². The zero-order valence-electron chi connectivity index (χ0n) is 12.6. The van der Waals surface area contributed by atoms with Crippen molar-refractivity contribution in [1.29, 1.82) is 0 Å². The molecule has 0 atom stereocenters. The third-order valence-corrected chi connectivity index (χ3v) is 3.50. The zero-order valence-corrected chi connectivity index (χ0v) is 14.1. The molecule has 1 N–H and O–H groups in total. The van der Waals surface area contributed by atoms with Crippen molar-refractivity contribution in [3.8, 4) is 17.2 Å². The maximum atomic E-state index is 12.0. The van der Waals surface area contributed by atoms with Gasteiger partial charge in [0.25, 0.3) is 5.91 Å². The highest BCUT2D eigenvalue weighted by molar-refractivity contribution is 6.37. The van der Waals surface area contributed by atoms with Gasteiger partial charge in [-0.05, 0) is 12.1 Å². The molecule has 0 aromatic heterocycles. The first-order valence-electron chi connectivity index (χ1n) is 6.63. The Bertz CT molecular complexity index is 664. The predicted molar refractivity (Wildman–Crippen MR) is 90.1 cm³/mol. The summed E-state index contributed by atoms with van der Waals surface area (Å²) in [7, 11) is 3.06. The molecular formula is C16H15Cl2NO4. The molecule has 0 aliphatic carbocycles. The first-order valence-corrected chi connectivity index (χ1v) is 7.39. The average molecular weight is 356 g/mol. The number of carbonyl (C=O) groups excluding carboxylic acids is 1. The van der Waals surface area contributed by atoms with Gasteiger partial charge >= 0.3 is 0 Å². The van der Waals surface area contributed by atoms with Gasteiger partial charge in [0.2, 0.25) is 0 Å². The topological polar surface area (TPSA) is 56.8 Å². The van der Waals surface area contributed by atoms with E-state index in [2.05, 4.69) is 5.32 Å². The van der Waals surface area contributed by atoms with Gasteiger partial charge in [0.1, 0.15) is 11.5 Å². The van der Waals surface area contributed by atoms with Gasteiger partial charge in [-0.1, -0.05) is 29.3 Å². The molecule has 2 aromatic rings. The molecule has 7 heteroatoms. The Hall–Kier alpha value is -2.11. The summed E-state index contributed by atoms with van der Waals surface area (Å²) in [5.41, 5.74) is 0.528. The number of ether oxygens (including phenoxy) is 3. The maximum Gasteiger partial charge on any atom is 0.262 e. The molecule has 2 aromatic carbocycles. The number of methoxy groups -OCH3 is 2. The second kappa shape index (κ2) is 7.94. The SMILES string of the molecule is COc1cc(NC(=O)COc2c(Cl)cccc2Cl)cc(OC)c1. The second-order valence-electron chi connectivity index (χ2n) is 4.49. The number of hydrogen-bond donors (Lipinski definition) is 1. The number of rotatable bonds is 6. The summed E-state index contributed by atoms with van der Waals surface area (Å²) in [6, 6.07) is 10.0. The van der Waals surface area contributed by atoms with Gasteiger partial charge in [-0.2, -0.15) is 0 Å². The van der Waals surface area contributed by atoms with Crippen molar-refractivity contribution in [2.24, 2.45) is 0 Å². The number of anilines is 1. The van der Waals surface area contributed by atoms with Crippen LogP contribution in [0.1, 0.15) is 0 Å². The Balaban J connectivity index is 2.02. The number of nitrogens with one attached hydrogen (secondary N) is 1. The minimum Gasteiger partial charge on any atom is -0.497 e. The molecule has 5 nitrogen and oxygen atoms in total. The van der Waals surface area contributed by atoms with Crippen LogP contribution in [0.5, 0.6) is 17.2 Å². The van der Waals surface area contributed by atoms with E-state index in [0.717, 1.165) is 0 Å². The van der Waals surface area contributed by atoms with Crippen LogP contribution >= 0.6 is 23.2 Å². The fraction of sp³-hybridized carbons (Fsp3) is 0.188. The summed E-state index contributed by atoms with van der Waals surface area (Å²) in [5.74, 6) is 1.04. The van der Waals surface area contributed by atoms with Gasteiger partial charge < -0.3 is 19.5 Å². The highest BCUT2D eigenvalue weighted by Crippen LogP contribution is 2.32. The van der Waals surface area contributed by atoms with Crippen LogP contribution in [0.25, 0.3) is 0 Å². The summed E-state index contributed by atoms with van der Waals surface area (Å²) >= 11 is 12.0. The lowest BCUT2D eigenvalue weighted by atomic mass is 10.2. The lowest BCUT2D eigenvalue weighted by Crippen LogP contribution is -2.20. The molecule has 0 spiro atoms. The van der Waals surface area contributed by atoms with Crippen LogP contribution in [0.15, 0.2) is 36.4 Å². The molecule has 0 heterocycles. The van der Waals surface area contributed by atoms with Crippen molar-refractivity contribution >= 4 is 34.8 Å². The molecule has 0 radical (unpaired) electrons. The molecule has 0 aliphatic heterocycles.